The Kier molecular flexibility index (Phi) is 14.4. The Hall–Kier alpha value is -2.27. The third-order valence-electron chi connectivity index (χ3n) is 8.67. The zero-order chi connectivity index (χ0) is 26.8. The minimum atomic E-state index is 0.194. The Labute approximate surface area is 234 Å². The highest BCUT2D eigenvalue weighted by atomic mass is 16.5. The number of benzene rings is 2. The molecular weight excluding hydrogens is 462 g/mol. The molecule has 1 aliphatic rings. The minimum absolute atomic E-state index is 0.194. The second-order valence-electron chi connectivity index (χ2n) is 11.8. The number of rotatable bonds is 18. The minimum Gasteiger partial charge on any atom is -0.494 e. The molecule has 0 bridgehead atoms. The lowest BCUT2D eigenvalue weighted by Crippen LogP contribution is -2.17. The van der Waals surface area contributed by atoms with Gasteiger partial charge in [-0.2, -0.15) is 5.26 Å². The lowest BCUT2D eigenvalue weighted by atomic mass is 9.76. The van der Waals surface area contributed by atoms with Crippen molar-refractivity contribution in [1.29, 1.82) is 5.26 Å². The molecule has 1 aliphatic carbocycles. The van der Waals surface area contributed by atoms with E-state index in [1.807, 2.05) is 0 Å². The average Bonchev–Trinajstić information content (AvgIpc) is 2.96. The van der Waals surface area contributed by atoms with Crippen LogP contribution in [0.25, 0.3) is 11.1 Å². The Morgan fingerprint density at radius 1 is 0.737 bits per heavy atom. The molecule has 1 saturated carbocycles. The van der Waals surface area contributed by atoms with Gasteiger partial charge in [0.2, 0.25) is 0 Å². The third kappa shape index (κ3) is 11.2. The van der Waals surface area contributed by atoms with Gasteiger partial charge in [-0.3, -0.25) is 0 Å². The summed E-state index contributed by atoms with van der Waals surface area (Å²) in [5.74, 6) is 2.87. The first-order valence-electron chi connectivity index (χ1n) is 15.9. The summed E-state index contributed by atoms with van der Waals surface area (Å²) in [4.78, 5) is 0. The van der Waals surface area contributed by atoms with Gasteiger partial charge < -0.3 is 4.74 Å². The molecule has 2 heteroatoms. The van der Waals surface area contributed by atoms with Crippen LogP contribution in [-0.4, -0.2) is 6.61 Å². The number of hydrogen-bond acceptors (Lipinski definition) is 2. The molecule has 2 nitrogen and oxygen atoms in total. The van der Waals surface area contributed by atoms with Crippen molar-refractivity contribution in [3.05, 3.63) is 54.1 Å². The summed E-state index contributed by atoms with van der Waals surface area (Å²) in [6.07, 6.45) is 21.9. The van der Waals surface area contributed by atoms with Crippen LogP contribution < -0.4 is 4.74 Å². The first-order valence-corrected chi connectivity index (χ1v) is 15.9. The first-order chi connectivity index (χ1) is 18.7. The summed E-state index contributed by atoms with van der Waals surface area (Å²) >= 11 is 0. The molecule has 0 spiro atoms. The van der Waals surface area contributed by atoms with Gasteiger partial charge in [-0.25, -0.2) is 0 Å². The van der Waals surface area contributed by atoms with Crippen molar-refractivity contribution in [2.24, 2.45) is 17.8 Å². The summed E-state index contributed by atoms with van der Waals surface area (Å²) in [6.45, 7) is 5.33. The van der Waals surface area contributed by atoms with E-state index < -0.39 is 0 Å². The average molecular weight is 516 g/mol. The van der Waals surface area contributed by atoms with Gasteiger partial charge in [-0.05, 0) is 66.3 Å². The molecule has 2 aromatic carbocycles. The zero-order valence-electron chi connectivity index (χ0n) is 24.4. The molecule has 1 fully saturated rings. The van der Waals surface area contributed by atoms with Crippen molar-refractivity contribution in [1.82, 2.24) is 0 Å². The van der Waals surface area contributed by atoms with Gasteiger partial charge >= 0.3 is 0 Å². The molecule has 0 saturated heterocycles. The molecule has 0 amide bonds. The Bertz CT molecular complexity index is 902. The van der Waals surface area contributed by atoms with Crippen molar-refractivity contribution in [3.63, 3.8) is 0 Å². The fraction of sp³-hybridized carbons (Fsp3) is 0.639. The predicted molar refractivity (Wildman–Crippen MR) is 162 cm³/mol. The summed E-state index contributed by atoms with van der Waals surface area (Å²) in [6, 6.07) is 20.1. The number of unbranched alkanes of at least 4 members (excludes halogenated alkanes) is 7. The third-order valence-corrected chi connectivity index (χ3v) is 8.67. The molecule has 1 atom stereocenters. The maximum absolute atomic E-state index is 9.82. The molecule has 0 N–H and O–H groups in total. The van der Waals surface area contributed by atoms with E-state index in [1.54, 1.807) is 0 Å². The molecule has 38 heavy (non-hydrogen) atoms. The maximum atomic E-state index is 9.82. The van der Waals surface area contributed by atoms with Crippen LogP contribution in [0.5, 0.6) is 5.75 Å². The molecule has 2 aromatic rings. The van der Waals surface area contributed by atoms with Gasteiger partial charge in [-0.15, -0.1) is 0 Å². The summed E-state index contributed by atoms with van der Waals surface area (Å²) in [7, 11) is 0. The number of nitriles is 1. The number of hydrogen-bond donors (Lipinski definition) is 0. The van der Waals surface area contributed by atoms with Crippen molar-refractivity contribution in [3.8, 4) is 22.9 Å². The SMILES string of the molecule is CCCCCCCC1CCC(CC(C#N)CCc2ccc(-c3ccc(OCCCCCC)cc3)cc2)CC1. The fourth-order valence-corrected chi connectivity index (χ4v) is 6.10. The molecular formula is C36H53NO. The maximum Gasteiger partial charge on any atom is 0.119 e. The second kappa shape index (κ2) is 18.1. The van der Waals surface area contributed by atoms with Gasteiger partial charge in [0.05, 0.1) is 12.7 Å². The van der Waals surface area contributed by atoms with E-state index in [0.717, 1.165) is 49.9 Å². The van der Waals surface area contributed by atoms with E-state index in [1.165, 1.54) is 100 Å². The van der Waals surface area contributed by atoms with E-state index in [-0.39, 0.29) is 5.92 Å². The number of ether oxygens (including phenoxy) is 1. The van der Waals surface area contributed by atoms with Gasteiger partial charge in [0.1, 0.15) is 5.75 Å². The van der Waals surface area contributed by atoms with Crippen LogP contribution in [0.2, 0.25) is 0 Å². The second-order valence-corrected chi connectivity index (χ2v) is 11.8. The highest BCUT2D eigenvalue weighted by Gasteiger charge is 2.23. The molecule has 0 aromatic heterocycles. The van der Waals surface area contributed by atoms with E-state index in [2.05, 4.69) is 68.4 Å². The van der Waals surface area contributed by atoms with Crippen LogP contribution in [0, 0.1) is 29.1 Å². The van der Waals surface area contributed by atoms with Crippen LogP contribution in [0.3, 0.4) is 0 Å². The monoisotopic (exact) mass is 515 g/mol. The molecule has 0 radical (unpaired) electrons. The molecule has 0 heterocycles. The zero-order valence-corrected chi connectivity index (χ0v) is 24.4. The molecule has 1 unspecified atom stereocenters. The molecule has 208 valence electrons. The van der Waals surface area contributed by atoms with E-state index in [0.29, 0.717) is 0 Å². The summed E-state index contributed by atoms with van der Waals surface area (Å²) < 4.78 is 5.89. The Balaban J connectivity index is 1.35. The quantitative estimate of drug-likeness (QED) is 0.185. The highest BCUT2D eigenvalue weighted by molar-refractivity contribution is 5.64. The highest BCUT2D eigenvalue weighted by Crippen LogP contribution is 2.36. The summed E-state index contributed by atoms with van der Waals surface area (Å²) in [5, 5.41) is 9.82. The number of aryl methyl sites for hydroxylation is 1. The normalized spacial score (nSPS) is 18.1. The van der Waals surface area contributed by atoms with E-state index in [4.69, 9.17) is 4.74 Å². The van der Waals surface area contributed by atoms with Crippen LogP contribution in [0.4, 0.5) is 0 Å². The van der Waals surface area contributed by atoms with Gasteiger partial charge in [0, 0.05) is 5.92 Å². The van der Waals surface area contributed by atoms with Crippen molar-refractivity contribution >= 4 is 0 Å². The lowest BCUT2D eigenvalue weighted by Gasteiger charge is -2.29. The van der Waals surface area contributed by atoms with Crippen molar-refractivity contribution in [2.45, 2.75) is 123 Å². The largest absolute Gasteiger partial charge is 0.494 e. The van der Waals surface area contributed by atoms with Crippen molar-refractivity contribution < 1.29 is 4.74 Å². The predicted octanol–water partition coefficient (Wildman–Crippen LogP) is 10.9. The van der Waals surface area contributed by atoms with E-state index >= 15 is 0 Å². The van der Waals surface area contributed by atoms with Gasteiger partial charge in [-0.1, -0.05) is 134 Å². The van der Waals surface area contributed by atoms with Crippen molar-refractivity contribution in [2.75, 3.05) is 6.61 Å². The van der Waals surface area contributed by atoms with Gasteiger partial charge in [0.15, 0.2) is 0 Å². The van der Waals surface area contributed by atoms with E-state index in [9.17, 15) is 5.26 Å². The Morgan fingerprint density at radius 3 is 1.95 bits per heavy atom. The first kappa shape index (κ1) is 30.3. The summed E-state index contributed by atoms with van der Waals surface area (Å²) in [5.41, 5.74) is 3.80. The number of nitrogens with zero attached hydrogens (tertiary/aromatic N) is 1. The fourth-order valence-electron chi connectivity index (χ4n) is 6.10. The smallest absolute Gasteiger partial charge is 0.119 e. The Morgan fingerprint density at radius 2 is 1.32 bits per heavy atom. The lowest BCUT2D eigenvalue weighted by molar-refractivity contribution is 0.233. The van der Waals surface area contributed by atoms with Crippen LogP contribution in [0.1, 0.15) is 122 Å². The van der Waals surface area contributed by atoms with Crippen LogP contribution in [-0.2, 0) is 6.42 Å². The van der Waals surface area contributed by atoms with Crippen LogP contribution in [0.15, 0.2) is 48.5 Å². The molecule has 3 rings (SSSR count). The standard InChI is InChI=1S/C36H53NO/c1-3-5-7-9-10-12-30-13-16-32(17-14-30)28-33(29-37)18-15-31-19-21-34(22-20-31)35-23-25-36(26-24-35)38-27-11-8-6-4-2/h19-26,30,32-33H,3-18,27-28H2,1-2H3. The topological polar surface area (TPSA) is 33.0 Å². The molecule has 0 aliphatic heterocycles. The van der Waals surface area contributed by atoms with Gasteiger partial charge in [0.25, 0.3) is 0 Å². The van der Waals surface area contributed by atoms with Crippen LogP contribution >= 0.6 is 0 Å².